The van der Waals surface area contributed by atoms with Gasteiger partial charge in [-0.1, -0.05) is 0 Å². The number of aromatic carboxylic acids is 1. The lowest BCUT2D eigenvalue weighted by Crippen LogP contribution is -2.36. The number of nitrogens with one attached hydrogen (secondary N) is 1. The summed E-state index contributed by atoms with van der Waals surface area (Å²) in [6.45, 7) is 2.13. The maximum Gasteiger partial charge on any atom is 0.338 e. The highest BCUT2D eigenvalue weighted by Crippen LogP contribution is 2.25. The Balaban J connectivity index is 3.24. The smallest absolute Gasteiger partial charge is 0.338 e. The molecule has 0 bridgehead atoms. The number of amides is 1. The maximum absolute atomic E-state index is 11.4. The summed E-state index contributed by atoms with van der Waals surface area (Å²) in [5, 5.41) is 22.3. The minimum Gasteiger partial charge on any atom is -0.478 e. The molecule has 0 saturated carbocycles. The van der Waals surface area contributed by atoms with Crippen molar-refractivity contribution in [3.05, 3.63) is 33.9 Å². The van der Waals surface area contributed by atoms with Crippen molar-refractivity contribution in [2.75, 3.05) is 25.0 Å². The zero-order valence-electron chi connectivity index (χ0n) is 11.1. The first-order valence-corrected chi connectivity index (χ1v) is 5.88. The van der Waals surface area contributed by atoms with Crippen LogP contribution in [0.5, 0.6) is 0 Å². The number of carboxylic acid groups (broad SMARTS) is 1. The molecule has 1 aromatic rings. The third-order valence-electron chi connectivity index (χ3n) is 2.76. The second-order valence-electron chi connectivity index (χ2n) is 3.95. The monoisotopic (exact) mass is 281 g/mol. The van der Waals surface area contributed by atoms with Gasteiger partial charge < -0.3 is 15.3 Å². The molecule has 108 valence electrons. The van der Waals surface area contributed by atoms with E-state index in [1.165, 1.54) is 24.1 Å². The molecule has 0 unspecified atom stereocenters. The number of anilines is 1. The maximum atomic E-state index is 11.4. The van der Waals surface area contributed by atoms with Crippen molar-refractivity contribution >= 4 is 23.3 Å². The molecule has 8 nitrogen and oxygen atoms in total. The minimum absolute atomic E-state index is 0.0227. The first kappa shape index (κ1) is 15.4. The van der Waals surface area contributed by atoms with Gasteiger partial charge in [-0.2, -0.15) is 0 Å². The van der Waals surface area contributed by atoms with Gasteiger partial charge in [-0.05, 0) is 13.0 Å². The number of non-ortho nitro benzene ring substituents is 1. The summed E-state index contributed by atoms with van der Waals surface area (Å²) in [7, 11) is 1.48. The lowest BCUT2D eigenvalue weighted by Gasteiger charge is -2.23. The Bertz CT molecular complexity index is 544. The lowest BCUT2D eigenvalue weighted by molar-refractivity contribution is -0.384. The van der Waals surface area contributed by atoms with Crippen LogP contribution < -0.4 is 10.2 Å². The highest BCUT2D eigenvalue weighted by atomic mass is 16.6. The SMILES string of the molecule is CCN(CC(=O)NC)c1ccc([N+](=O)[O-])cc1C(=O)O. The molecule has 0 heterocycles. The minimum atomic E-state index is -1.28. The molecule has 0 aliphatic heterocycles. The van der Waals surface area contributed by atoms with Crippen LogP contribution in [-0.4, -0.2) is 42.0 Å². The fourth-order valence-electron chi connectivity index (χ4n) is 1.70. The molecular weight excluding hydrogens is 266 g/mol. The molecule has 1 aromatic carbocycles. The Morgan fingerprint density at radius 1 is 1.45 bits per heavy atom. The van der Waals surface area contributed by atoms with Crippen LogP contribution in [0.15, 0.2) is 18.2 Å². The van der Waals surface area contributed by atoms with E-state index in [9.17, 15) is 19.7 Å². The van der Waals surface area contributed by atoms with Crippen LogP contribution in [0.4, 0.5) is 11.4 Å². The molecule has 8 heteroatoms. The predicted molar refractivity (Wildman–Crippen MR) is 72.0 cm³/mol. The van der Waals surface area contributed by atoms with Gasteiger partial charge in [-0.3, -0.25) is 14.9 Å². The molecule has 0 atom stereocenters. The van der Waals surface area contributed by atoms with E-state index in [0.29, 0.717) is 6.54 Å². The zero-order valence-corrected chi connectivity index (χ0v) is 11.1. The van der Waals surface area contributed by atoms with Gasteiger partial charge in [0.05, 0.1) is 22.7 Å². The Labute approximate surface area is 115 Å². The number of carbonyl (C=O) groups excluding carboxylic acids is 1. The molecule has 0 aliphatic carbocycles. The number of benzene rings is 1. The summed E-state index contributed by atoms with van der Waals surface area (Å²) >= 11 is 0. The highest BCUT2D eigenvalue weighted by molar-refractivity contribution is 5.96. The zero-order chi connectivity index (χ0) is 15.3. The Morgan fingerprint density at radius 2 is 2.10 bits per heavy atom. The number of rotatable bonds is 6. The Hall–Kier alpha value is -2.64. The van der Waals surface area contributed by atoms with Gasteiger partial charge in [0, 0.05) is 25.7 Å². The second-order valence-corrected chi connectivity index (χ2v) is 3.95. The van der Waals surface area contributed by atoms with Crippen molar-refractivity contribution in [3.8, 4) is 0 Å². The Kier molecular flexibility index (Phi) is 5.01. The van der Waals surface area contributed by atoms with Crippen LogP contribution in [0.3, 0.4) is 0 Å². The third-order valence-corrected chi connectivity index (χ3v) is 2.76. The van der Waals surface area contributed by atoms with Crippen LogP contribution in [-0.2, 0) is 4.79 Å². The van der Waals surface area contributed by atoms with Crippen molar-refractivity contribution < 1.29 is 19.6 Å². The summed E-state index contributed by atoms with van der Waals surface area (Å²) in [5.41, 5.74) is -0.235. The van der Waals surface area contributed by atoms with Crippen molar-refractivity contribution in [3.63, 3.8) is 0 Å². The Morgan fingerprint density at radius 3 is 2.55 bits per heavy atom. The topological polar surface area (TPSA) is 113 Å². The molecule has 0 aromatic heterocycles. The third kappa shape index (κ3) is 3.44. The van der Waals surface area contributed by atoms with Crippen molar-refractivity contribution in [2.24, 2.45) is 0 Å². The molecule has 0 radical (unpaired) electrons. The average molecular weight is 281 g/mol. The normalized spacial score (nSPS) is 9.90. The van der Waals surface area contributed by atoms with Gasteiger partial charge in [0.15, 0.2) is 0 Å². The van der Waals surface area contributed by atoms with E-state index in [1.54, 1.807) is 6.92 Å². The van der Waals surface area contributed by atoms with Crippen LogP contribution in [0.1, 0.15) is 17.3 Å². The summed E-state index contributed by atoms with van der Waals surface area (Å²) in [6.07, 6.45) is 0. The summed E-state index contributed by atoms with van der Waals surface area (Å²) in [5.74, 6) is -1.56. The van der Waals surface area contributed by atoms with Crippen LogP contribution in [0, 0.1) is 10.1 Å². The number of nitrogens with zero attached hydrogens (tertiary/aromatic N) is 2. The van der Waals surface area contributed by atoms with Gasteiger partial charge in [0.1, 0.15) is 0 Å². The average Bonchev–Trinajstić information content (AvgIpc) is 2.43. The van der Waals surface area contributed by atoms with E-state index in [0.717, 1.165) is 6.07 Å². The number of hydrogen-bond donors (Lipinski definition) is 2. The van der Waals surface area contributed by atoms with Crippen LogP contribution in [0.2, 0.25) is 0 Å². The molecular formula is C12H15N3O5. The molecule has 2 N–H and O–H groups in total. The molecule has 1 amide bonds. The summed E-state index contributed by atoms with van der Waals surface area (Å²) in [6, 6.07) is 3.55. The van der Waals surface area contributed by atoms with Crippen molar-refractivity contribution in [1.29, 1.82) is 0 Å². The van der Waals surface area contributed by atoms with E-state index < -0.39 is 10.9 Å². The van der Waals surface area contributed by atoms with Gasteiger partial charge >= 0.3 is 5.97 Å². The molecule has 0 aliphatic rings. The van der Waals surface area contributed by atoms with E-state index >= 15 is 0 Å². The fourth-order valence-corrected chi connectivity index (χ4v) is 1.70. The number of nitro groups is 1. The number of carboxylic acids is 1. The number of nitro benzene ring substituents is 1. The van der Waals surface area contributed by atoms with Crippen molar-refractivity contribution in [1.82, 2.24) is 5.32 Å². The number of likely N-dealkylation sites (N-methyl/N-ethyl adjacent to an activating group) is 2. The molecule has 0 saturated heterocycles. The standard InChI is InChI=1S/C12H15N3O5/c1-3-14(7-11(16)13-2)10-5-4-8(15(19)20)6-9(10)12(17)18/h4-6H,3,7H2,1-2H3,(H,13,16)(H,17,18). The predicted octanol–water partition coefficient (Wildman–Crippen LogP) is 0.865. The fraction of sp³-hybridized carbons (Fsp3) is 0.333. The van der Waals surface area contributed by atoms with Gasteiger partial charge in [0.2, 0.25) is 5.91 Å². The van der Waals surface area contributed by atoms with E-state index in [4.69, 9.17) is 5.11 Å². The molecule has 0 spiro atoms. The quantitative estimate of drug-likeness (QED) is 0.590. The summed E-state index contributed by atoms with van der Waals surface area (Å²) < 4.78 is 0. The van der Waals surface area contributed by atoms with Gasteiger partial charge in [-0.15, -0.1) is 0 Å². The van der Waals surface area contributed by atoms with Gasteiger partial charge in [0.25, 0.3) is 5.69 Å². The first-order valence-electron chi connectivity index (χ1n) is 5.88. The van der Waals surface area contributed by atoms with E-state index in [2.05, 4.69) is 5.32 Å². The molecule has 0 fully saturated rings. The van der Waals surface area contributed by atoms with E-state index in [-0.39, 0.29) is 29.4 Å². The molecule has 20 heavy (non-hydrogen) atoms. The first-order chi connectivity index (χ1) is 9.40. The number of carbonyl (C=O) groups is 2. The van der Waals surface area contributed by atoms with Crippen LogP contribution >= 0.6 is 0 Å². The highest BCUT2D eigenvalue weighted by Gasteiger charge is 2.20. The lowest BCUT2D eigenvalue weighted by atomic mass is 10.1. The number of hydrogen-bond acceptors (Lipinski definition) is 5. The van der Waals surface area contributed by atoms with Gasteiger partial charge in [-0.25, -0.2) is 4.79 Å². The largest absolute Gasteiger partial charge is 0.478 e. The van der Waals surface area contributed by atoms with Crippen molar-refractivity contribution in [2.45, 2.75) is 6.92 Å². The summed E-state index contributed by atoms with van der Waals surface area (Å²) in [4.78, 5) is 34.2. The van der Waals surface area contributed by atoms with Crippen LogP contribution in [0.25, 0.3) is 0 Å². The second kappa shape index (κ2) is 6.50. The van der Waals surface area contributed by atoms with E-state index in [1.807, 2.05) is 0 Å². The molecule has 1 rings (SSSR count).